The maximum atomic E-state index is 12.3. The van der Waals surface area contributed by atoms with Gasteiger partial charge in [0.1, 0.15) is 0 Å². The molecule has 1 saturated heterocycles. The summed E-state index contributed by atoms with van der Waals surface area (Å²) in [5.74, 6) is 0.354. The molecular weight excluding hydrogens is 346 g/mol. The van der Waals surface area contributed by atoms with Crippen molar-refractivity contribution < 1.29 is 8.42 Å². The number of sulfonamides is 1. The van der Waals surface area contributed by atoms with Crippen molar-refractivity contribution in [3.63, 3.8) is 0 Å². The Hall–Kier alpha value is -0.510. The van der Waals surface area contributed by atoms with E-state index in [1.54, 1.807) is 7.05 Å². The monoisotopic (exact) mass is 365 g/mol. The van der Waals surface area contributed by atoms with Gasteiger partial charge in [0, 0.05) is 26.2 Å². The smallest absolute Gasteiger partial charge is 0.260 e. The Bertz CT molecular complexity index is 552. The molecule has 114 valence electrons. The highest BCUT2D eigenvalue weighted by Crippen LogP contribution is 2.20. The van der Waals surface area contributed by atoms with Crippen LogP contribution in [0.25, 0.3) is 0 Å². The number of rotatable bonds is 5. The highest BCUT2D eigenvalue weighted by atomic mass is 79.9. The van der Waals surface area contributed by atoms with Gasteiger partial charge in [-0.3, -0.25) is 0 Å². The number of likely N-dealkylation sites (tertiary alicyclic amines) is 1. The number of aromatic nitrogens is 3. The zero-order chi connectivity index (χ0) is 14.9. The molecule has 1 atom stereocenters. The van der Waals surface area contributed by atoms with Gasteiger partial charge in [0.05, 0.1) is 0 Å². The molecule has 0 saturated carbocycles. The molecule has 20 heavy (non-hydrogen) atoms. The minimum absolute atomic E-state index is 0.0659. The van der Waals surface area contributed by atoms with Gasteiger partial charge in [-0.05, 0) is 48.7 Å². The molecule has 2 rings (SSSR count). The molecule has 7 nitrogen and oxygen atoms in total. The maximum Gasteiger partial charge on any atom is 0.260 e. The lowest BCUT2D eigenvalue weighted by molar-refractivity contribution is 0.265. The fourth-order valence-corrected chi connectivity index (χ4v) is 4.61. The van der Waals surface area contributed by atoms with Crippen LogP contribution in [0.1, 0.15) is 20.3 Å². The molecule has 0 spiro atoms. The molecule has 0 radical (unpaired) electrons. The Kier molecular flexibility index (Phi) is 4.83. The summed E-state index contributed by atoms with van der Waals surface area (Å²) >= 11 is 3.11. The van der Waals surface area contributed by atoms with E-state index in [-0.39, 0.29) is 9.63 Å². The molecule has 0 aromatic carbocycles. The van der Waals surface area contributed by atoms with Crippen LogP contribution < -0.4 is 4.72 Å². The summed E-state index contributed by atoms with van der Waals surface area (Å²) in [6, 6.07) is 0.507. The van der Waals surface area contributed by atoms with Crippen LogP contribution in [0.5, 0.6) is 0 Å². The van der Waals surface area contributed by atoms with Crippen LogP contribution in [0.3, 0.4) is 0 Å². The standard InChI is InChI=1S/C11H20BrN5O2S/c1-8(2)17-5-4-9(7-17)6-13-20(18,19)11-10(12)14-15-16(11)3/h8-9,13H,4-7H2,1-3H3. The van der Waals surface area contributed by atoms with E-state index in [1.165, 1.54) is 4.68 Å². The van der Waals surface area contributed by atoms with E-state index in [2.05, 4.69) is 49.7 Å². The number of nitrogens with one attached hydrogen (secondary N) is 1. The molecule has 1 fully saturated rings. The lowest BCUT2D eigenvalue weighted by Gasteiger charge is -2.20. The fraction of sp³-hybridized carbons (Fsp3) is 0.818. The topological polar surface area (TPSA) is 80.1 Å². The molecule has 1 aliphatic rings. The summed E-state index contributed by atoms with van der Waals surface area (Å²) in [5.41, 5.74) is 0. The van der Waals surface area contributed by atoms with Crippen LogP contribution in [0.15, 0.2) is 9.63 Å². The molecular formula is C11H20BrN5O2S. The van der Waals surface area contributed by atoms with Crippen molar-refractivity contribution >= 4 is 26.0 Å². The first-order valence-electron chi connectivity index (χ1n) is 6.60. The molecule has 2 heterocycles. The van der Waals surface area contributed by atoms with Crippen molar-refractivity contribution in [3.8, 4) is 0 Å². The Morgan fingerprint density at radius 3 is 2.70 bits per heavy atom. The zero-order valence-electron chi connectivity index (χ0n) is 11.9. The van der Waals surface area contributed by atoms with Crippen LogP contribution in [-0.2, 0) is 17.1 Å². The van der Waals surface area contributed by atoms with E-state index in [1.807, 2.05) is 0 Å². The molecule has 1 N–H and O–H groups in total. The highest BCUT2D eigenvalue weighted by molar-refractivity contribution is 9.10. The van der Waals surface area contributed by atoms with Crippen molar-refractivity contribution in [1.29, 1.82) is 0 Å². The molecule has 0 aliphatic carbocycles. The molecule has 1 aromatic rings. The van der Waals surface area contributed by atoms with E-state index in [9.17, 15) is 8.42 Å². The average Bonchev–Trinajstić information content (AvgIpc) is 2.94. The third kappa shape index (κ3) is 3.38. The largest absolute Gasteiger partial charge is 0.301 e. The van der Waals surface area contributed by atoms with E-state index >= 15 is 0 Å². The lowest BCUT2D eigenvalue weighted by Crippen LogP contribution is -2.33. The van der Waals surface area contributed by atoms with Crippen LogP contribution in [-0.4, -0.2) is 54.0 Å². The van der Waals surface area contributed by atoms with E-state index < -0.39 is 10.0 Å². The number of nitrogens with zero attached hydrogens (tertiary/aromatic N) is 4. The third-order valence-corrected chi connectivity index (χ3v) is 5.91. The molecule has 1 unspecified atom stereocenters. The average molecular weight is 366 g/mol. The minimum atomic E-state index is -3.58. The van der Waals surface area contributed by atoms with Gasteiger partial charge in [-0.1, -0.05) is 5.21 Å². The van der Waals surface area contributed by atoms with Crippen molar-refractivity contribution in [2.45, 2.75) is 31.3 Å². The molecule has 0 amide bonds. The van der Waals surface area contributed by atoms with Crippen molar-refractivity contribution in [3.05, 3.63) is 4.60 Å². The van der Waals surface area contributed by atoms with Gasteiger partial charge in [-0.2, -0.15) is 0 Å². The van der Waals surface area contributed by atoms with Gasteiger partial charge < -0.3 is 4.90 Å². The summed E-state index contributed by atoms with van der Waals surface area (Å²) in [7, 11) is -2.02. The summed E-state index contributed by atoms with van der Waals surface area (Å²) in [4.78, 5) is 2.36. The minimum Gasteiger partial charge on any atom is -0.301 e. The van der Waals surface area contributed by atoms with Gasteiger partial charge >= 0.3 is 0 Å². The van der Waals surface area contributed by atoms with Crippen molar-refractivity contribution in [2.75, 3.05) is 19.6 Å². The normalized spacial score (nSPS) is 20.9. The number of aryl methyl sites for hydroxylation is 1. The van der Waals surface area contributed by atoms with E-state index in [0.29, 0.717) is 18.5 Å². The summed E-state index contributed by atoms with van der Waals surface area (Å²) in [5, 5.41) is 7.46. The van der Waals surface area contributed by atoms with Gasteiger partial charge in [0.2, 0.25) is 5.03 Å². The SMILES string of the molecule is CC(C)N1CCC(CNS(=O)(=O)c2c(Br)nnn2C)C1. The fourth-order valence-electron chi connectivity index (χ4n) is 2.40. The van der Waals surface area contributed by atoms with Crippen LogP contribution in [0, 0.1) is 5.92 Å². The molecule has 1 aliphatic heterocycles. The Morgan fingerprint density at radius 2 is 2.20 bits per heavy atom. The summed E-state index contributed by atoms with van der Waals surface area (Å²) in [6.45, 7) is 6.73. The van der Waals surface area contributed by atoms with Crippen molar-refractivity contribution in [2.24, 2.45) is 13.0 Å². The second-order valence-electron chi connectivity index (χ2n) is 5.40. The van der Waals surface area contributed by atoms with Gasteiger partial charge in [-0.15, -0.1) is 5.10 Å². The summed E-state index contributed by atoms with van der Waals surface area (Å²) in [6.07, 6.45) is 1.02. The second-order valence-corrected chi connectivity index (χ2v) is 7.84. The Balaban J connectivity index is 1.98. The van der Waals surface area contributed by atoms with Crippen LogP contribution >= 0.6 is 15.9 Å². The van der Waals surface area contributed by atoms with Crippen LogP contribution in [0.2, 0.25) is 0 Å². The van der Waals surface area contributed by atoms with Crippen LogP contribution in [0.4, 0.5) is 0 Å². The van der Waals surface area contributed by atoms with Crippen molar-refractivity contribution in [1.82, 2.24) is 24.6 Å². The van der Waals surface area contributed by atoms with Gasteiger partial charge in [-0.25, -0.2) is 17.8 Å². The predicted octanol–water partition coefficient (Wildman–Crippen LogP) is 0.586. The maximum absolute atomic E-state index is 12.3. The molecule has 0 bridgehead atoms. The van der Waals surface area contributed by atoms with Gasteiger partial charge in [0.25, 0.3) is 10.0 Å². The Morgan fingerprint density at radius 1 is 1.50 bits per heavy atom. The number of halogens is 1. The lowest BCUT2D eigenvalue weighted by atomic mass is 10.1. The first kappa shape index (κ1) is 15.9. The molecule has 9 heteroatoms. The van der Waals surface area contributed by atoms with E-state index in [4.69, 9.17) is 0 Å². The first-order valence-corrected chi connectivity index (χ1v) is 8.87. The zero-order valence-corrected chi connectivity index (χ0v) is 14.3. The predicted molar refractivity (Wildman–Crippen MR) is 78.7 cm³/mol. The van der Waals surface area contributed by atoms with E-state index in [0.717, 1.165) is 19.5 Å². The number of hydrogen-bond acceptors (Lipinski definition) is 5. The molecule has 1 aromatic heterocycles. The Labute approximate surface area is 127 Å². The number of hydrogen-bond donors (Lipinski definition) is 1. The second kappa shape index (κ2) is 6.08. The highest BCUT2D eigenvalue weighted by Gasteiger charge is 2.28. The van der Waals surface area contributed by atoms with Gasteiger partial charge in [0.15, 0.2) is 4.60 Å². The quantitative estimate of drug-likeness (QED) is 0.825. The first-order chi connectivity index (χ1) is 9.31. The third-order valence-electron chi connectivity index (χ3n) is 3.60. The summed E-state index contributed by atoms with van der Waals surface area (Å²) < 4.78 is 28.7.